The summed E-state index contributed by atoms with van der Waals surface area (Å²) in [6, 6.07) is 4.96. The minimum absolute atomic E-state index is 0.0596. The Bertz CT molecular complexity index is 731. The fraction of sp³-hybridized carbons (Fsp3) is 0.500. The third-order valence-corrected chi connectivity index (χ3v) is 5.31. The summed E-state index contributed by atoms with van der Waals surface area (Å²) in [5.74, 6) is -0.980. The van der Waals surface area contributed by atoms with Crippen LogP contribution in [0.25, 0.3) is 0 Å². The van der Waals surface area contributed by atoms with Gasteiger partial charge in [-0.25, -0.2) is 4.79 Å². The van der Waals surface area contributed by atoms with Crippen molar-refractivity contribution in [2.75, 3.05) is 31.1 Å². The van der Waals surface area contributed by atoms with E-state index in [0.29, 0.717) is 18.1 Å². The molecule has 2 saturated heterocycles. The molecular formula is C18H23ClN4O3. The number of carbonyl (C=O) groups is 3. The summed E-state index contributed by atoms with van der Waals surface area (Å²) >= 11 is 6.10. The lowest BCUT2D eigenvalue weighted by Gasteiger charge is -2.38. The van der Waals surface area contributed by atoms with E-state index >= 15 is 0 Å². The summed E-state index contributed by atoms with van der Waals surface area (Å²) in [5, 5.41) is 5.57. The molecule has 0 aliphatic carbocycles. The highest BCUT2D eigenvalue weighted by Gasteiger charge is 2.35. The van der Waals surface area contributed by atoms with Crippen molar-refractivity contribution in [2.24, 2.45) is 5.92 Å². The molecule has 2 heterocycles. The van der Waals surface area contributed by atoms with Crippen molar-refractivity contribution in [3.05, 3.63) is 28.8 Å². The lowest BCUT2D eigenvalue weighted by atomic mass is 9.94. The number of benzene rings is 1. The van der Waals surface area contributed by atoms with Gasteiger partial charge in [-0.2, -0.15) is 0 Å². The number of anilines is 1. The maximum atomic E-state index is 12.6. The first-order valence-electron chi connectivity index (χ1n) is 8.75. The predicted octanol–water partition coefficient (Wildman–Crippen LogP) is 1.53. The molecule has 2 atom stereocenters. The fourth-order valence-corrected chi connectivity index (χ4v) is 3.65. The van der Waals surface area contributed by atoms with Gasteiger partial charge in [-0.05, 0) is 31.5 Å². The van der Waals surface area contributed by atoms with Crippen molar-refractivity contribution < 1.29 is 14.4 Å². The Morgan fingerprint density at radius 2 is 1.92 bits per heavy atom. The molecule has 2 aliphatic heterocycles. The summed E-state index contributed by atoms with van der Waals surface area (Å²) in [5.41, 5.74) is 2.24. The molecule has 0 radical (unpaired) electrons. The number of rotatable bonds is 3. The van der Waals surface area contributed by atoms with Gasteiger partial charge in [-0.3, -0.25) is 14.9 Å². The molecule has 0 aromatic heterocycles. The monoisotopic (exact) mass is 378 g/mol. The zero-order chi connectivity index (χ0) is 18.8. The Kier molecular flexibility index (Phi) is 5.36. The number of halogens is 1. The molecule has 0 bridgehead atoms. The number of urea groups is 1. The van der Waals surface area contributed by atoms with Crippen molar-refractivity contribution in [3.8, 4) is 0 Å². The molecule has 0 spiro atoms. The van der Waals surface area contributed by atoms with Gasteiger partial charge >= 0.3 is 6.03 Å². The lowest BCUT2D eigenvalue weighted by Crippen LogP contribution is -2.58. The Morgan fingerprint density at radius 3 is 2.58 bits per heavy atom. The Hall–Kier alpha value is -2.28. The molecule has 2 unspecified atom stereocenters. The molecule has 1 aromatic rings. The van der Waals surface area contributed by atoms with Crippen LogP contribution >= 0.6 is 11.6 Å². The Morgan fingerprint density at radius 1 is 1.23 bits per heavy atom. The second-order valence-corrected chi connectivity index (χ2v) is 7.30. The summed E-state index contributed by atoms with van der Waals surface area (Å²) < 4.78 is 0. The average Bonchev–Trinajstić information content (AvgIpc) is 2.60. The standard InChI is InChI=1S/C18H23ClN4O3/c1-11-3-4-13(19)9-15(11)22-5-7-23(8-6-22)16(24)10-14-12(2)20-18(26)21-17(14)25/h3-4,9,12,14H,5-8,10H2,1-2H3,(H2,20,21,25,26). The van der Waals surface area contributed by atoms with Crippen molar-refractivity contribution in [1.82, 2.24) is 15.5 Å². The smallest absolute Gasteiger partial charge is 0.321 e. The fourth-order valence-electron chi connectivity index (χ4n) is 3.48. The van der Waals surface area contributed by atoms with Crippen LogP contribution in [-0.2, 0) is 9.59 Å². The van der Waals surface area contributed by atoms with Crippen molar-refractivity contribution in [2.45, 2.75) is 26.3 Å². The number of carbonyl (C=O) groups excluding carboxylic acids is 3. The average molecular weight is 379 g/mol. The molecule has 0 saturated carbocycles. The van der Waals surface area contributed by atoms with Crippen LogP contribution in [0.5, 0.6) is 0 Å². The van der Waals surface area contributed by atoms with E-state index in [0.717, 1.165) is 24.3 Å². The number of imide groups is 1. The first-order valence-corrected chi connectivity index (χ1v) is 9.13. The van der Waals surface area contributed by atoms with Gasteiger partial charge < -0.3 is 15.1 Å². The van der Waals surface area contributed by atoms with E-state index in [1.807, 2.05) is 25.1 Å². The second-order valence-electron chi connectivity index (χ2n) is 6.86. The van der Waals surface area contributed by atoms with Gasteiger partial charge in [-0.15, -0.1) is 0 Å². The number of piperazine rings is 1. The quantitative estimate of drug-likeness (QED) is 0.835. The van der Waals surface area contributed by atoms with E-state index in [9.17, 15) is 14.4 Å². The van der Waals surface area contributed by atoms with Gasteiger partial charge in [0.05, 0.1) is 5.92 Å². The van der Waals surface area contributed by atoms with E-state index in [1.165, 1.54) is 0 Å². The topological polar surface area (TPSA) is 81.8 Å². The van der Waals surface area contributed by atoms with Crippen LogP contribution in [0.1, 0.15) is 18.9 Å². The van der Waals surface area contributed by atoms with Crippen LogP contribution in [0.3, 0.4) is 0 Å². The number of nitrogens with zero attached hydrogens (tertiary/aromatic N) is 2. The second kappa shape index (κ2) is 7.53. The first-order chi connectivity index (χ1) is 12.3. The molecule has 2 aliphatic rings. The molecule has 140 valence electrons. The van der Waals surface area contributed by atoms with Crippen LogP contribution in [0.15, 0.2) is 18.2 Å². The molecule has 2 N–H and O–H groups in total. The zero-order valence-electron chi connectivity index (χ0n) is 14.9. The third kappa shape index (κ3) is 3.93. The van der Waals surface area contributed by atoms with E-state index in [1.54, 1.807) is 11.8 Å². The van der Waals surface area contributed by atoms with Crippen molar-refractivity contribution >= 4 is 35.1 Å². The normalized spacial score (nSPS) is 23.5. The van der Waals surface area contributed by atoms with Gasteiger partial charge in [0, 0.05) is 49.4 Å². The molecule has 8 heteroatoms. The Labute approximate surface area is 157 Å². The summed E-state index contributed by atoms with van der Waals surface area (Å²) in [4.78, 5) is 39.9. The SMILES string of the molecule is Cc1ccc(Cl)cc1N1CCN(C(=O)CC2C(=O)NC(=O)NC2C)CC1. The largest absolute Gasteiger partial charge is 0.368 e. The highest BCUT2D eigenvalue weighted by atomic mass is 35.5. The molecule has 3 rings (SSSR count). The molecular weight excluding hydrogens is 356 g/mol. The number of hydrogen-bond donors (Lipinski definition) is 2. The summed E-state index contributed by atoms with van der Waals surface area (Å²) in [6.07, 6.45) is 0.101. The molecule has 1 aromatic carbocycles. The predicted molar refractivity (Wildman–Crippen MR) is 99.2 cm³/mol. The first kappa shape index (κ1) is 18.5. The molecule has 2 fully saturated rings. The van der Waals surface area contributed by atoms with Crippen LogP contribution in [0.4, 0.5) is 10.5 Å². The maximum absolute atomic E-state index is 12.6. The summed E-state index contributed by atoms with van der Waals surface area (Å²) in [6.45, 7) is 6.42. The zero-order valence-corrected chi connectivity index (χ0v) is 15.7. The number of amides is 4. The number of hydrogen-bond acceptors (Lipinski definition) is 4. The van der Waals surface area contributed by atoms with E-state index in [2.05, 4.69) is 15.5 Å². The third-order valence-electron chi connectivity index (χ3n) is 5.07. The maximum Gasteiger partial charge on any atom is 0.321 e. The minimum atomic E-state index is -0.534. The van der Waals surface area contributed by atoms with Gasteiger partial charge in [0.15, 0.2) is 0 Å². The van der Waals surface area contributed by atoms with Crippen LogP contribution in [0.2, 0.25) is 5.02 Å². The van der Waals surface area contributed by atoms with E-state index in [4.69, 9.17) is 11.6 Å². The van der Waals surface area contributed by atoms with E-state index < -0.39 is 11.9 Å². The van der Waals surface area contributed by atoms with Gasteiger partial charge in [0.1, 0.15) is 0 Å². The highest BCUT2D eigenvalue weighted by molar-refractivity contribution is 6.30. The van der Waals surface area contributed by atoms with Crippen LogP contribution < -0.4 is 15.5 Å². The van der Waals surface area contributed by atoms with Gasteiger partial charge in [0.25, 0.3) is 0 Å². The Balaban J connectivity index is 1.58. The van der Waals surface area contributed by atoms with Crippen LogP contribution in [0, 0.1) is 12.8 Å². The minimum Gasteiger partial charge on any atom is -0.368 e. The highest BCUT2D eigenvalue weighted by Crippen LogP contribution is 2.25. The number of nitrogens with one attached hydrogen (secondary N) is 2. The number of aryl methyl sites for hydroxylation is 1. The molecule has 4 amide bonds. The summed E-state index contributed by atoms with van der Waals surface area (Å²) in [7, 11) is 0. The van der Waals surface area contributed by atoms with E-state index in [-0.39, 0.29) is 24.3 Å². The molecule has 7 nitrogen and oxygen atoms in total. The van der Waals surface area contributed by atoms with Crippen molar-refractivity contribution in [1.29, 1.82) is 0 Å². The van der Waals surface area contributed by atoms with Gasteiger partial charge in [-0.1, -0.05) is 17.7 Å². The van der Waals surface area contributed by atoms with Crippen LogP contribution in [-0.4, -0.2) is 55.0 Å². The molecule has 26 heavy (non-hydrogen) atoms. The van der Waals surface area contributed by atoms with Gasteiger partial charge in [0.2, 0.25) is 11.8 Å². The van der Waals surface area contributed by atoms with Crippen molar-refractivity contribution in [3.63, 3.8) is 0 Å². The lowest BCUT2D eigenvalue weighted by molar-refractivity contribution is -0.137.